The van der Waals surface area contributed by atoms with E-state index >= 15 is 0 Å². The molecule has 0 unspecified atom stereocenters. The summed E-state index contributed by atoms with van der Waals surface area (Å²) in [6, 6.07) is 7.06. The third kappa shape index (κ3) is 4.30. The van der Waals surface area contributed by atoms with Crippen LogP contribution in [-0.4, -0.2) is 51.2 Å². The van der Waals surface area contributed by atoms with E-state index in [1.54, 1.807) is 0 Å². The minimum atomic E-state index is 0.447. The fourth-order valence-electron chi connectivity index (χ4n) is 5.09. The summed E-state index contributed by atoms with van der Waals surface area (Å²) >= 11 is 0. The average molecular weight is 428 g/mol. The Morgan fingerprint density at radius 3 is 2.50 bits per heavy atom. The summed E-state index contributed by atoms with van der Waals surface area (Å²) in [6.07, 6.45) is 19.0. The van der Waals surface area contributed by atoms with Crippen LogP contribution in [0.2, 0.25) is 0 Å². The zero-order valence-electron chi connectivity index (χ0n) is 19.1. The smallest absolute Gasteiger partial charge is 0.0580 e. The molecule has 5 rings (SSSR count). The minimum Gasteiger partial charge on any atom is -0.354 e. The van der Waals surface area contributed by atoms with Gasteiger partial charge < -0.3 is 14.8 Å². The van der Waals surface area contributed by atoms with Crippen LogP contribution in [0.1, 0.15) is 49.7 Å². The van der Waals surface area contributed by atoms with E-state index in [4.69, 9.17) is 0 Å². The Hall–Kier alpha value is -3.05. The van der Waals surface area contributed by atoms with Crippen LogP contribution in [0.15, 0.2) is 67.3 Å². The van der Waals surface area contributed by atoms with Crippen molar-refractivity contribution in [3.05, 3.63) is 78.4 Å². The second-order valence-electron chi connectivity index (χ2n) is 9.28. The molecule has 2 aromatic heterocycles. The van der Waals surface area contributed by atoms with Crippen LogP contribution in [0, 0.1) is 0 Å². The van der Waals surface area contributed by atoms with Gasteiger partial charge in [0.2, 0.25) is 0 Å². The first kappa shape index (κ1) is 20.8. The highest BCUT2D eigenvalue weighted by Gasteiger charge is 2.23. The molecule has 1 aromatic carbocycles. The van der Waals surface area contributed by atoms with Gasteiger partial charge in [0, 0.05) is 48.2 Å². The Kier molecular flexibility index (Phi) is 5.99. The summed E-state index contributed by atoms with van der Waals surface area (Å²) in [7, 11) is 0. The Morgan fingerprint density at radius 1 is 1.03 bits per heavy atom. The predicted octanol–water partition coefficient (Wildman–Crippen LogP) is 5.76. The zero-order valence-corrected chi connectivity index (χ0v) is 19.1. The lowest BCUT2D eigenvalue weighted by Crippen LogP contribution is -2.37. The maximum absolute atomic E-state index is 4.15. The van der Waals surface area contributed by atoms with Gasteiger partial charge in [-0.15, -0.1) is 0 Å². The lowest BCUT2D eigenvalue weighted by atomic mass is 9.87. The van der Waals surface area contributed by atoms with Gasteiger partial charge in [0.25, 0.3) is 0 Å². The topological polar surface area (TPSA) is 51.0 Å². The maximum atomic E-state index is 4.15. The van der Waals surface area contributed by atoms with Gasteiger partial charge in [-0.1, -0.05) is 32.1 Å². The molecule has 1 saturated heterocycles. The van der Waals surface area contributed by atoms with Crippen molar-refractivity contribution in [2.24, 2.45) is 0 Å². The lowest BCUT2D eigenvalue weighted by molar-refractivity contribution is 0.202. The van der Waals surface area contributed by atoms with E-state index in [0.717, 1.165) is 18.7 Å². The molecule has 166 valence electrons. The largest absolute Gasteiger partial charge is 0.354 e. The lowest BCUT2D eigenvalue weighted by Gasteiger charge is -2.33. The number of allylic oxidation sites excluding steroid dienone is 4. The van der Waals surface area contributed by atoms with Crippen molar-refractivity contribution in [2.75, 3.05) is 26.2 Å². The van der Waals surface area contributed by atoms with Crippen molar-refractivity contribution in [1.29, 1.82) is 0 Å². The molecule has 0 saturated carbocycles. The van der Waals surface area contributed by atoms with Crippen LogP contribution in [-0.2, 0) is 0 Å². The van der Waals surface area contributed by atoms with Crippen LogP contribution in [0.25, 0.3) is 22.2 Å². The second kappa shape index (κ2) is 9.21. The van der Waals surface area contributed by atoms with Crippen LogP contribution < -0.4 is 0 Å². The highest BCUT2D eigenvalue weighted by atomic mass is 15.2. The fourth-order valence-corrected chi connectivity index (χ4v) is 5.09. The summed E-state index contributed by atoms with van der Waals surface area (Å²) < 4.78 is 0. The third-order valence-electron chi connectivity index (χ3n) is 6.85. The Labute approximate surface area is 190 Å². The summed E-state index contributed by atoms with van der Waals surface area (Å²) in [5.74, 6) is 1.09. The number of piperidine rings is 1. The predicted molar refractivity (Wildman–Crippen MR) is 133 cm³/mol. The van der Waals surface area contributed by atoms with Gasteiger partial charge in [-0.05, 0) is 73.2 Å². The fraction of sp³-hybridized carbons (Fsp3) is 0.370. The number of hydrogen-bond donors (Lipinski definition) is 2. The standard InChI is InChI=1S/C27H33N5/c1-20(2)26-24-17-22(7-8-25(24)30-27(26)23-18-28-29-19-23)21-9-13-32(14-10-21)16-15-31-11-5-3-4-6-12-31/h3-8,11-12,17-21,30H,9-10,13-16H2,1-2H3,(H,28,29). The van der Waals surface area contributed by atoms with E-state index in [0.29, 0.717) is 11.8 Å². The van der Waals surface area contributed by atoms with Gasteiger partial charge >= 0.3 is 0 Å². The molecule has 2 aliphatic rings. The Balaban J connectivity index is 1.28. The number of nitrogens with one attached hydrogen (secondary N) is 2. The van der Waals surface area contributed by atoms with Gasteiger partial charge in [0.05, 0.1) is 11.9 Å². The van der Waals surface area contributed by atoms with Gasteiger partial charge in [0.15, 0.2) is 0 Å². The first-order valence-corrected chi connectivity index (χ1v) is 11.8. The first-order chi connectivity index (χ1) is 15.7. The molecule has 5 heteroatoms. The van der Waals surface area contributed by atoms with Crippen molar-refractivity contribution in [1.82, 2.24) is 25.0 Å². The van der Waals surface area contributed by atoms with Gasteiger partial charge in [0.1, 0.15) is 0 Å². The van der Waals surface area contributed by atoms with Crippen molar-refractivity contribution in [3.8, 4) is 11.3 Å². The maximum Gasteiger partial charge on any atom is 0.0580 e. The van der Waals surface area contributed by atoms with Gasteiger partial charge in [-0.25, -0.2) is 0 Å². The molecule has 2 aliphatic heterocycles. The monoisotopic (exact) mass is 427 g/mol. The molecular weight excluding hydrogens is 394 g/mol. The number of aromatic amines is 2. The summed E-state index contributed by atoms with van der Waals surface area (Å²) in [6.45, 7) is 9.07. The molecule has 1 fully saturated rings. The molecule has 0 bridgehead atoms. The van der Waals surface area contributed by atoms with E-state index < -0.39 is 0 Å². The molecule has 0 spiro atoms. The molecule has 0 atom stereocenters. The number of benzene rings is 1. The number of likely N-dealkylation sites (tertiary alicyclic amines) is 1. The molecule has 5 nitrogen and oxygen atoms in total. The van der Waals surface area contributed by atoms with E-state index in [1.807, 2.05) is 12.4 Å². The molecule has 32 heavy (non-hydrogen) atoms. The molecule has 0 aliphatic carbocycles. The third-order valence-corrected chi connectivity index (χ3v) is 6.85. The molecule has 2 N–H and O–H groups in total. The Morgan fingerprint density at radius 2 is 1.81 bits per heavy atom. The number of rotatable bonds is 6. The highest BCUT2D eigenvalue weighted by Crippen LogP contribution is 2.38. The molecule has 0 amide bonds. The van der Waals surface area contributed by atoms with Crippen molar-refractivity contribution in [3.63, 3.8) is 0 Å². The van der Waals surface area contributed by atoms with E-state index in [2.05, 4.69) is 93.7 Å². The summed E-state index contributed by atoms with van der Waals surface area (Å²) in [4.78, 5) is 8.54. The summed E-state index contributed by atoms with van der Waals surface area (Å²) in [5.41, 5.74) is 6.43. The van der Waals surface area contributed by atoms with Crippen LogP contribution >= 0.6 is 0 Å². The van der Waals surface area contributed by atoms with E-state index in [-0.39, 0.29) is 0 Å². The van der Waals surface area contributed by atoms with Gasteiger partial charge in [-0.3, -0.25) is 5.10 Å². The van der Waals surface area contributed by atoms with Crippen LogP contribution in [0.5, 0.6) is 0 Å². The van der Waals surface area contributed by atoms with Crippen molar-refractivity contribution >= 4 is 10.9 Å². The van der Waals surface area contributed by atoms with Crippen LogP contribution in [0.3, 0.4) is 0 Å². The number of nitrogens with zero attached hydrogens (tertiary/aromatic N) is 3. The SMILES string of the molecule is CC(C)c1c(-c2cn[nH]c2)[nH]c2ccc(C3CCN(CCN4C=CC=CC=C4)CC3)cc12. The quantitative estimate of drug-likeness (QED) is 0.526. The average Bonchev–Trinajstić information content (AvgIpc) is 3.39. The Bertz CT molecular complexity index is 1110. The number of fused-ring (bicyclic) bond motifs is 1. The van der Waals surface area contributed by atoms with E-state index in [1.165, 1.54) is 53.7 Å². The van der Waals surface area contributed by atoms with Crippen LogP contribution in [0.4, 0.5) is 0 Å². The van der Waals surface area contributed by atoms with Gasteiger partial charge in [-0.2, -0.15) is 5.10 Å². The van der Waals surface area contributed by atoms with E-state index in [9.17, 15) is 0 Å². The number of hydrogen-bond acceptors (Lipinski definition) is 3. The highest BCUT2D eigenvalue weighted by molar-refractivity contribution is 5.91. The number of aromatic nitrogens is 3. The summed E-state index contributed by atoms with van der Waals surface area (Å²) in [5, 5.41) is 8.47. The molecule has 4 heterocycles. The number of H-pyrrole nitrogens is 2. The minimum absolute atomic E-state index is 0.447. The van der Waals surface area contributed by atoms with Crippen molar-refractivity contribution in [2.45, 2.75) is 38.5 Å². The first-order valence-electron chi connectivity index (χ1n) is 11.8. The molecule has 3 aromatic rings. The molecule has 0 radical (unpaired) electrons. The van der Waals surface area contributed by atoms with Crippen molar-refractivity contribution < 1.29 is 0 Å². The normalized spacial score (nSPS) is 17.7. The second-order valence-corrected chi connectivity index (χ2v) is 9.28. The molecular formula is C27H33N5. The zero-order chi connectivity index (χ0) is 21.9.